The highest BCUT2D eigenvalue weighted by atomic mass is 16.7. The number of rotatable bonds is 14. The van der Waals surface area contributed by atoms with E-state index >= 15 is 0 Å². The number of nitrogens with one attached hydrogen (secondary N) is 4. The number of fused-ring (bicyclic) bond motifs is 5. The highest BCUT2D eigenvalue weighted by molar-refractivity contribution is 5.90. The minimum absolute atomic E-state index is 0.0195. The fourth-order valence-corrected chi connectivity index (χ4v) is 14.9. The second-order valence-corrected chi connectivity index (χ2v) is 22.5. The maximum absolute atomic E-state index is 14.3. The van der Waals surface area contributed by atoms with Crippen molar-refractivity contribution < 1.29 is 74.1 Å². The molecule has 2 aromatic heterocycles. The highest BCUT2D eigenvalue weighted by Gasteiger charge is 2.82. The number of carboxylic acids is 1. The molecule has 0 amide bonds. The minimum atomic E-state index is -2.85. The number of carboxylic acid groups (broad SMARTS) is 1. The first-order chi connectivity index (χ1) is 38.8. The molecule has 3 aromatic carbocycles. The lowest BCUT2D eigenvalue weighted by Crippen LogP contribution is -2.84. The maximum atomic E-state index is 14.3. The molecule has 1 spiro atoms. The Bertz CT molecular complexity index is 3660. The van der Waals surface area contributed by atoms with Crippen LogP contribution in [-0.4, -0.2) is 125 Å². The van der Waals surface area contributed by atoms with Crippen molar-refractivity contribution in [3.05, 3.63) is 152 Å². The highest BCUT2D eigenvalue weighted by Crippen LogP contribution is 2.79. The van der Waals surface area contributed by atoms with E-state index < -0.39 is 111 Å². The number of hydrogen-bond donors (Lipinski definition) is 15. The van der Waals surface area contributed by atoms with Gasteiger partial charge in [-0.15, -0.1) is 0 Å². The summed E-state index contributed by atoms with van der Waals surface area (Å²) in [5.74, 6) is -3.36. The van der Waals surface area contributed by atoms with Gasteiger partial charge in [0.15, 0.2) is 34.7 Å². The number of benzene rings is 3. The largest absolute Gasteiger partial charge is 0.508 e. The van der Waals surface area contributed by atoms with E-state index in [-0.39, 0.29) is 47.5 Å². The Morgan fingerprint density at radius 2 is 1.78 bits per heavy atom. The Balaban J connectivity index is 0.967. The average Bonchev–Trinajstić information content (AvgIpc) is 3.80. The molecule has 13 atom stereocenters. The monoisotopic (exact) mass is 1110 g/mol. The van der Waals surface area contributed by atoms with Crippen LogP contribution in [0.25, 0.3) is 22.3 Å². The fraction of sp³-hybridized carbons (Fsp3) is 0.390. The van der Waals surface area contributed by atoms with Crippen molar-refractivity contribution in [2.75, 3.05) is 32.1 Å². The van der Waals surface area contributed by atoms with Crippen molar-refractivity contribution in [1.29, 1.82) is 0 Å². The molecule has 424 valence electrons. The maximum Gasteiger partial charge on any atom is 0.336 e. The van der Waals surface area contributed by atoms with E-state index in [2.05, 4.69) is 27.0 Å². The van der Waals surface area contributed by atoms with Crippen LogP contribution in [0.4, 0.5) is 5.82 Å². The van der Waals surface area contributed by atoms with Gasteiger partial charge in [0.25, 0.3) is 0 Å². The summed E-state index contributed by atoms with van der Waals surface area (Å²) in [6.45, 7) is 2.17. The van der Waals surface area contributed by atoms with Gasteiger partial charge in [0.1, 0.15) is 57.7 Å². The van der Waals surface area contributed by atoms with E-state index in [1.54, 1.807) is 24.3 Å². The summed E-state index contributed by atoms with van der Waals surface area (Å²) >= 11 is 0. The molecule has 0 unspecified atom stereocenters. The van der Waals surface area contributed by atoms with E-state index in [1.807, 2.05) is 19.1 Å². The molecular weight excluding hydrogens is 1050 g/mol. The predicted octanol–water partition coefficient (Wildman–Crippen LogP) is 2.73. The molecule has 22 heteroatoms. The number of carbonyl (C=O) groups is 1. The zero-order chi connectivity index (χ0) is 56.7. The number of aromatic nitrogens is 1. The van der Waals surface area contributed by atoms with Gasteiger partial charge in [-0.3, -0.25) is 10.1 Å². The lowest BCUT2D eigenvalue weighted by atomic mass is 9.36. The number of aromatic amines is 1. The second kappa shape index (κ2) is 18.7. The van der Waals surface area contributed by atoms with Gasteiger partial charge in [-0.1, -0.05) is 31.2 Å². The molecule has 0 radical (unpaired) electrons. The first-order valence-corrected chi connectivity index (χ1v) is 27.0. The molecule has 8 aliphatic rings. The summed E-state index contributed by atoms with van der Waals surface area (Å²) < 4.78 is 31.3. The number of dihydropyridines is 1. The number of aliphatic hydroxyl groups is 6. The third-order valence-corrected chi connectivity index (χ3v) is 18.5. The number of phenols is 2. The normalized spacial score (nSPS) is 32.5. The van der Waals surface area contributed by atoms with Crippen LogP contribution in [0.1, 0.15) is 61.8 Å². The standard InChI is InChI=1S/C59H62N6O16/c1-2-27-17-30(19-32(67)18-27)52(73)80-48-39(21-38-44(47(48)70)36(68)20-37(78-38)28-4-7-33(8-5-28)77-40(25-66)46(69)35-9-10-43(60)65-35)79-54-57(75)22-41-56(42-24-62-26-64-42,59(76,53(57)74)49(81-54)51(71)72)16-15-55-13-11-31-6-3-29-23-63-50(61)34(12-14-55)45(29)58(31,41)55/h4-5,7-10,12,14-22,31,40,42,46,49,52-54,62-67,69-70,73-76H,2-3,6,11,13,23-26,60-61H2,1H3,(H,71,72)/t31-,40+,42-,46+,49+,52+,53-,54+,55-,56-,57+,58-,59-/m0/s1. The lowest BCUT2D eigenvalue weighted by Gasteiger charge is -2.70. The molecule has 2 bridgehead atoms. The third kappa shape index (κ3) is 7.38. The number of ether oxygens (including phenoxy) is 4. The van der Waals surface area contributed by atoms with Gasteiger partial charge in [-0.05, 0) is 121 Å². The van der Waals surface area contributed by atoms with Crippen LogP contribution in [0, 0.1) is 22.2 Å². The Morgan fingerprint density at radius 1 is 0.975 bits per heavy atom. The van der Waals surface area contributed by atoms with Crippen molar-refractivity contribution in [2.24, 2.45) is 27.9 Å². The third-order valence-electron chi connectivity index (χ3n) is 18.5. The van der Waals surface area contributed by atoms with E-state index in [9.17, 15) is 55.5 Å². The van der Waals surface area contributed by atoms with E-state index in [0.29, 0.717) is 59.8 Å². The number of nitrogens with two attached hydrogens (primary N) is 2. The Hall–Kier alpha value is -7.64. The first kappa shape index (κ1) is 52.7. The number of aromatic hydroxyl groups is 2. The Labute approximate surface area is 461 Å². The summed E-state index contributed by atoms with van der Waals surface area (Å²) in [4.78, 5) is 31.1. The van der Waals surface area contributed by atoms with E-state index in [0.717, 1.165) is 41.7 Å². The van der Waals surface area contributed by atoms with Crippen molar-refractivity contribution in [1.82, 2.24) is 20.9 Å². The van der Waals surface area contributed by atoms with Gasteiger partial charge in [0.2, 0.25) is 18.3 Å². The Kier molecular flexibility index (Phi) is 12.2. The number of H-pyrrole nitrogens is 1. The van der Waals surface area contributed by atoms with Crippen LogP contribution in [-0.2, 0) is 16.0 Å². The molecule has 13 rings (SSSR count). The SMILES string of the molecule is CCc1cc(O)cc([C@H](O)Oc2c(O[C@@H]3O[C@H](C(=O)O)[C@]4(O)[C@@H](O)[C@]3(O)C=C3[C@]56C7=C8CC[C@H]5CC[C@]6(C=CC7=C(N)NC8)C=C[C@@]34[C@@H]3CNCN3)cc3oc(-c4ccc(O[C@H](CO)[C@H](O)c5ccc(N)[nH]5)cc4)cc(=O)c3c2O)c1. The van der Waals surface area contributed by atoms with Crippen LogP contribution in [0.15, 0.2) is 134 Å². The quantitative estimate of drug-likeness (QED) is 0.0561. The van der Waals surface area contributed by atoms with Crippen LogP contribution >= 0.6 is 0 Å². The summed E-state index contributed by atoms with van der Waals surface area (Å²) in [5, 5.41) is 117. The zero-order valence-corrected chi connectivity index (χ0v) is 43.8. The van der Waals surface area contributed by atoms with Gasteiger partial charge in [-0.25, -0.2) is 4.79 Å². The van der Waals surface area contributed by atoms with Crippen molar-refractivity contribution in [2.45, 2.75) is 93.3 Å². The molecule has 3 aliphatic heterocycles. The van der Waals surface area contributed by atoms with Crippen LogP contribution in [0.5, 0.6) is 28.7 Å². The molecule has 5 heterocycles. The molecule has 1 saturated carbocycles. The number of aliphatic hydroxyl groups excluding tert-OH is 4. The van der Waals surface area contributed by atoms with Gasteiger partial charge >= 0.3 is 5.97 Å². The number of hydrogen-bond acceptors (Lipinski definition) is 20. The number of nitrogen functional groups attached to an aromatic ring is 1. The van der Waals surface area contributed by atoms with Crippen molar-refractivity contribution in [3.63, 3.8) is 0 Å². The van der Waals surface area contributed by atoms with Gasteiger partial charge in [0, 0.05) is 71.2 Å². The molecular formula is C59H62N6O16. The lowest BCUT2D eigenvalue weighted by molar-refractivity contribution is -0.355. The zero-order valence-electron chi connectivity index (χ0n) is 43.8. The van der Waals surface area contributed by atoms with Gasteiger partial charge < -0.3 is 96.4 Å². The summed E-state index contributed by atoms with van der Waals surface area (Å²) in [6, 6.07) is 14.9. The number of allylic oxidation sites excluding steroid dienone is 5. The number of anilines is 1. The van der Waals surface area contributed by atoms with E-state index in [1.165, 1.54) is 42.5 Å². The van der Waals surface area contributed by atoms with E-state index in [4.69, 9.17) is 34.8 Å². The van der Waals surface area contributed by atoms with Crippen LogP contribution in [0.2, 0.25) is 0 Å². The molecule has 17 N–H and O–H groups in total. The van der Waals surface area contributed by atoms with Gasteiger partial charge in [0.05, 0.1) is 12.0 Å². The number of aliphatic carboxylic acids is 1. The fourth-order valence-electron chi connectivity index (χ4n) is 14.9. The molecule has 22 nitrogen and oxygen atoms in total. The number of phenolic OH excluding ortho intramolecular Hbond substituents is 2. The molecule has 5 aromatic rings. The predicted molar refractivity (Wildman–Crippen MR) is 289 cm³/mol. The summed E-state index contributed by atoms with van der Waals surface area (Å²) in [5.41, 5.74) is 6.62. The molecule has 81 heavy (non-hydrogen) atoms. The first-order valence-electron chi connectivity index (χ1n) is 27.0. The van der Waals surface area contributed by atoms with Crippen molar-refractivity contribution >= 4 is 22.8 Å². The topological polar surface area (TPSA) is 370 Å². The molecule has 5 aliphatic carbocycles. The van der Waals surface area contributed by atoms with Crippen LogP contribution < -0.4 is 47.1 Å². The second-order valence-electron chi connectivity index (χ2n) is 22.5. The van der Waals surface area contributed by atoms with Crippen LogP contribution in [0.3, 0.4) is 0 Å². The molecule has 3 fully saturated rings. The van der Waals surface area contributed by atoms with Gasteiger partial charge in [-0.2, -0.15) is 0 Å². The number of aryl methyl sites for hydroxylation is 1. The minimum Gasteiger partial charge on any atom is -0.508 e. The molecule has 2 saturated heterocycles. The summed E-state index contributed by atoms with van der Waals surface area (Å²) in [7, 11) is 0. The average molecular weight is 1110 g/mol. The smallest absolute Gasteiger partial charge is 0.336 e. The van der Waals surface area contributed by atoms with Crippen molar-refractivity contribution in [3.8, 4) is 40.1 Å². The Morgan fingerprint density at radius 3 is 2.49 bits per heavy atom. The summed E-state index contributed by atoms with van der Waals surface area (Å²) in [6.07, 6.45) is 1.30.